The van der Waals surface area contributed by atoms with Gasteiger partial charge in [0.15, 0.2) is 5.16 Å². The molecule has 2 atom stereocenters. The van der Waals surface area contributed by atoms with E-state index in [4.69, 9.17) is 0 Å². The Balaban J connectivity index is 1.19. The van der Waals surface area contributed by atoms with Gasteiger partial charge in [-0.05, 0) is 68.2 Å². The number of piperidine rings is 1. The molecule has 3 aliphatic rings. The number of benzene rings is 1. The molecular formula is C23H31N5O3S2. The molecule has 2 aromatic rings. The Kier molecular flexibility index (Phi) is 6.26. The molecule has 1 aromatic carbocycles. The van der Waals surface area contributed by atoms with Gasteiger partial charge in [-0.2, -0.15) is 4.31 Å². The molecule has 1 saturated heterocycles. The van der Waals surface area contributed by atoms with Crippen molar-refractivity contribution < 1.29 is 13.2 Å². The summed E-state index contributed by atoms with van der Waals surface area (Å²) in [6.07, 6.45) is 5.72. The van der Waals surface area contributed by atoms with Gasteiger partial charge in [-0.1, -0.05) is 25.6 Å². The van der Waals surface area contributed by atoms with Gasteiger partial charge in [0.05, 0.1) is 10.6 Å². The lowest BCUT2D eigenvalue weighted by molar-refractivity contribution is -0.113. The Morgan fingerprint density at radius 1 is 1.06 bits per heavy atom. The van der Waals surface area contributed by atoms with E-state index in [1.54, 1.807) is 28.6 Å². The molecule has 1 aromatic heterocycles. The van der Waals surface area contributed by atoms with Gasteiger partial charge in [0.2, 0.25) is 15.9 Å². The summed E-state index contributed by atoms with van der Waals surface area (Å²) in [6.45, 7) is 5.29. The second-order valence-electron chi connectivity index (χ2n) is 9.85. The highest BCUT2D eigenvalue weighted by Gasteiger charge is 2.36. The molecule has 2 saturated carbocycles. The highest BCUT2D eigenvalue weighted by atomic mass is 32.2. The smallest absolute Gasteiger partial charge is 0.243 e. The second-order valence-corrected chi connectivity index (χ2v) is 12.7. The van der Waals surface area contributed by atoms with E-state index in [0.29, 0.717) is 42.6 Å². The number of carbonyl (C=O) groups excluding carboxylic acids is 1. The van der Waals surface area contributed by atoms with Gasteiger partial charge in [0.1, 0.15) is 5.82 Å². The van der Waals surface area contributed by atoms with Crippen LogP contribution in [0.25, 0.3) is 0 Å². The van der Waals surface area contributed by atoms with Crippen molar-refractivity contribution in [2.24, 2.45) is 11.8 Å². The fraction of sp³-hybridized carbons (Fsp3) is 0.609. The third-order valence-electron chi connectivity index (χ3n) is 6.49. The van der Waals surface area contributed by atoms with Crippen molar-refractivity contribution >= 4 is 33.4 Å². The maximum atomic E-state index is 13.0. The van der Waals surface area contributed by atoms with Crippen LogP contribution in [0.3, 0.4) is 0 Å². The van der Waals surface area contributed by atoms with Crippen molar-refractivity contribution in [1.82, 2.24) is 19.1 Å². The Morgan fingerprint density at radius 3 is 2.33 bits per heavy atom. The molecule has 0 bridgehead atoms. The number of aromatic nitrogens is 3. The first-order chi connectivity index (χ1) is 15.8. The van der Waals surface area contributed by atoms with Crippen LogP contribution in [-0.4, -0.2) is 52.2 Å². The number of thioether (sulfide) groups is 1. The molecule has 0 spiro atoms. The van der Waals surface area contributed by atoms with Crippen LogP contribution in [0.4, 0.5) is 5.69 Å². The third kappa shape index (κ3) is 5.12. The normalized spacial score (nSPS) is 24.1. The average molecular weight is 490 g/mol. The topological polar surface area (TPSA) is 97.2 Å². The van der Waals surface area contributed by atoms with E-state index in [9.17, 15) is 13.2 Å². The van der Waals surface area contributed by atoms with Gasteiger partial charge in [-0.3, -0.25) is 4.79 Å². The number of anilines is 1. The Morgan fingerprint density at radius 2 is 1.73 bits per heavy atom. The van der Waals surface area contributed by atoms with Crippen molar-refractivity contribution in [2.75, 3.05) is 24.2 Å². The number of rotatable bonds is 8. The fourth-order valence-corrected chi connectivity index (χ4v) is 7.16. The van der Waals surface area contributed by atoms with Crippen molar-refractivity contribution in [3.8, 4) is 0 Å². The monoisotopic (exact) mass is 489 g/mol. The first kappa shape index (κ1) is 22.9. The van der Waals surface area contributed by atoms with Crippen LogP contribution in [0.1, 0.15) is 63.7 Å². The van der Waals surface area contributed by atoms with Gasteiger partial charge >= 0.3 is 0 Å². The van der Waals surface area contributed by atoms with E-state index < -0.39 is 10.0 Å². The molecule has 5 rings (SSSR count). The number of amides is 1. The summed E-state index contributed by atoms with van der Waals surface area (Å²) in [5, 5.41) is 12.4. The van der Waals surface area contributed by atoms with E-state index in [1.807, 2.05) is 0 Å². The largest absolute Gasteiger partial charge is 0.325 e. The van der Waals surface area contributed by atoms with E-state index in [-0.39, 0.29) is 16.6 Å². The number of hydrogen-bond acceptors (Lipinski definition) is 6. The van der Waals surface area contributed by atoms with Crippen molar-refractivity contribution in [3.05, 3.63) is 30.1 Å². The molecule has 1 N–H and O–H groups in total. The molecule has 178 valence electrons. The molecule has 1 amide bonds. The lowest BCUT2D eigenvalue weighted by Crippen LogP contribution is -2.42. The minimum atomic E-state index is -3.53. The highest BCUT2D eigenvalue weighted by Crippen LogP contribution is 2.46. The summed E-state index contributed by atoms with van der Waals surface area (Å²) >= 11 is 1.41. The van der Waals surface area contributed by atoms with Crippen molar-refractivity contribution in [1.29, 1.82) is 0 Å². The molecule has 1 aliphatic heterocycles. The number of sulfonamides is 1. The first-order valence-corrected chi connectivity index (χ1v) is 14.2. The van der Waals surface area contributed by atoms with Crippen LogP contribution >= 0.6 is 11.8 Å². The van der Waals surface area contributed by atoms with E-state index in [2.05, 4.69) is 33.9 Å². The SMILES string of the molecule is C[C@@H]1C[C@@H](C)CN(S(=O)(=O)c2ccc(NC(=O)CSc3nnc(C4CC4)n3C3CC3)cc2)C1. The minimum Gasteiger partial charge on any atom is -0.325 e. The van der Waals surface area contributed by atoms with Crippen LogP contribution < -0.4 is 5.32 Å². The second kappa shape index (κ2) is 9.03. The van der Waals surface area contributed by atoms with Crippen LogP contribution in [0.5, 0.6) is 0 Å². The standard InChI is InChI=1S/C23H31N5O3S2/c1-15-11-16(2)13-27(12-15)33(30,31)20-9-5-18(6-10-20)24-21(29)14-32-23-26-25-22(17-3-4-17)28(23)19-7-8-19/h5-6,9-10,15-17,19H,3-4,7-8,11-14H2,1-2H3,(H,24,29)/t15-,16-/m1/s1. The highest BCUT2D eigenvalue weighted by molar-refractivity contribution is 7.99. The zero-order valence-electron chi connectivity index (χ0n) is 19.1. The summed E-state index contributed by atoms with van der Waals surface area (Å²) in [5.74, 6) is 2.41. The van der Waals surface area contributed by atoms with Crippen molar-refractivity contribution in [3.63, 3.8) is 0 Å². The van der Waals surface area contributed by atoms with E-state index in [0.717, 1.165) is 30.2 Å². The summed E-state index contributed by atoms with van der Waals surface area (Å²) in [6, 6.07) is 6.96. The molecule has 2 aliphatic carbocycles. The molecule has 2 heterocycles. The zero-order valence-corrected chi connectivity index (χ0v) is 20.7. The quantitative estimate of drug-likeness (QED) is 0.565. The van der Waals surface area contributed by atoms with E-state index >= 15 is 0 Å². The Hall–Kier alpha value is -1.91. The predicted molar refractivity (Wildman–Crippen MR) is 128 cm³/mol. The summed E-state index contributed by atoms with van der Waals surface area (Å²) in [4.78, 5) is 12.8. The number of carbonyl (C=O) groups is 1. The van der Waals surface area contributed by atoms with Crippen molar-refractivity contribution in [2.45, 2.75) is 68.0 Å². The summed E-state index contributed by atoms with van der Waals surface area (Å²) in [7, 11) is -3.53. The van der Waals surface area contributed by atoms with Crippen LogP contribution in [0.15, 0.2) is 34.3 Å². The molecule has 33 heavy (non-hydrogen) atoms. The van der Waals surface area contributed by atoms with Gasteiger partial charge in [-0.15, -0.1) is 10.2 Å². The lowest BCUT2D eigenvalue weighted by atomic mass is 9.94. The third-order valence-corrected chi connectivity index (χ3v) is 9.28. The number of nitrogens with one attached hydrogen (secondary N) is 1. The average Bonchev–Trinajstić information content (AvgIpc) is 3.71. The molecule has 0 radical (unpaired) electrons. The molecule has 3 fully saturated rings. The minimum absolute atomic E-state index is 0.146. The van der Waals surface area contributed by atoms with Gasteiger partial charge < -0.3 is 9.88 Å². The number of hydrogen-bond donors (Lipinski definition) is 1. The lowest BCUT2D eigenvalue weighted by Gasteiger charge is -2.34. The maximum absolute atomic E-state index is 13.0. The molecule has 10 heteroatoms. The van der Waals surface area contributed by atoms with E-state index in [1.165, 1.54) is 24.6 Å². The van der Waals surface area contributed by atoms with Crippen LogP contribution in [0, 0.1) is 11.8 Å². The van der Waals surface area contributed by atoms with Crippen LogP contribution in [0.2, 0.25) is 0 Å². The maximum Gasteiger partial charge on any atom is 0.243 e. The van der Waals surface area contributed by atoms with Crippen LogP contribution in [-0.2, 0) is 14.8 Å². The molecular weight excluding hydrogens is 458 g/mol. The number of nitrogens with zero attached hydrogens (tertiary/aromatic N) is 4. The predicted octanol–water partition coefficient (Wildman–Crippen LogP) is 3.89. The summed E-state index contributed by atoms with van der Waals surface area (Å²) in [5.41, 5.74) is 0.585. The van der Waals surface area contributed by atoms with Gasteiger partial charge in [0, 0.05) is 30.7 Å². The van der Waals surface area contributed by atoms with Gasteiger partial charge in [-0.25, -0.2) is 8.42 Å². The molecule has 8 nitrogen and oxygen atoms in total. The Labute approximate surface area is 199 Å². The first-order valence-electron chi connectivity index (χ1n) is 11.8. The summed E-state index contributed by atoms with van der Waals surface area (Å²) < 4.78 is 29.9. The molecule has 0 unspecified atom stereocenters. The van der Waals surface area contributed by atoms with Gasteiger partial charge in [0.25, 0.3) is 0 Å². The fourth-order valence-electron chi connectivity index (χ4n) is 4.67. The zero-order chi connectivity index (χ0) is 23.2. The Bertz CT molecular complexity index is 1110.